The Kier molecular flexibility index (Phi) is 9.48. The van der Waals surface area contributed by atoms with E-state index in [1.807, 2.05) is 76.0 Å². The fraction of sp³-hybridized carbons (Fsp3) is 0.240. The number of carbonyl (C=O) groups excluding carboxylic acids is 1. The molecule has 1 heterocycles. The lowest BCUT2D eigenvalue weighted by atomic mass is 10.1. The summed E-state index contributed by atoms with van der Waals surface area (Å²) in [4.78, 5) is 16.7. The van der Waals surface area contributed by atoms with E-state index in [0.717, 1.165) is 11.3 Å². The third-order valence-corrected chi connectivity index (χ3v) is 5.93. The number of nitrogens with zero attached hydrogens (tertiary/aromatic N) is 3. The largest absolute Gasteiger partial charge is 0.744 e. The average molecular weight is 498 g/mol. The fourth-order valence-corrected chi connectivity index (χ4v) is 3.40. The van der Waals surface area contributed by atoms with Crippen molar-refractivity contribution in [2.45, 2.75) is 11.8 Å². The first kappa shape index (κ1) is 27.5. The van der Waals surface area contributed by atoms with Gasteiger partial charge in [-0.15, -0.1) is 0 Å². The van der Waals surface area contributed by atoms with Gasteiger partial charge in [0.15, 0.2) is 6.20 Å². The van der Waals surface area contributed by atoms with Crippen LogP contribution in [0.3, 0.4) is 0 Å². The van der Waals surface area contributed by atoms with Crippen LogP contribution < -0.4 is 9.89 Å². The smallest absolute Gasteiger partial charge is 0.335 e. The minimum atomic E-state index is -4.27. The number of benzene rings is 2. The second kappa shape index (κ2) is 12.1. The molecule has 0 aromatic heterocycles. The Hall–Kier alpha value is -3.78. The predicted octanol–water partition coefficient (Wildman–Crippen LogP) is 1.14. The molecule has 0 radical (unpaired) electrons. The first-order valence-electron chi connectivity index (χ1n) is 10.7. The Balaban J connectivity index is 0.000000328. The number of esters is 1. The number of anilines is 1. The molecule has 0 amide bonds. The number of hydrogen-bond donors (Lipinski definition) is 1. The molecule has 35 heavy (non-hydrogen) atoms. The number of allylic oxidation sites excluding steroid dienone is 1. The second-order valence-corrected chi connectivity index (χ2v) is 9.61. The van der Waals surface area contributed by atoms with Gasteiger partial charge in [0.2, 0.25) is 6.20 Å². The van der Waals surface area contributed by atoms with Crippen molar-refractivity contribution >= 4 is 33.7 Å². The van der Waals surface area contributed by atoms with E-state index in [2.05, 4.69) is 11.1 Å². The summed E-state index contributed by atoms with van der Waals surface area (Å²) < 4.78 is 36.9. The molecule has 184 valence electrons. The molecule has 0 saturated carbocycles. The van der Waals surface area contributed by atoms with Gasteiger partial charge in [0.25, 0.3) is 0 Å². The molecular formula is C25H29N4O5S+. The molecule has 3 rings (SSSR count). The van der Waals surface area contributed by atoms with Gasteiger partial charge < -0.3 is 14.2 Å². The molecule has 0 spiro atoms. The molecule has 0 saturated heterocycles. The van der Waals surface area contributed by atoms with Crippen LogP contribution in [0.25, 0.3) is 5.57 Å². The summed E-state index contributed by atoms with van der Waals surface area (Å²) in [5.41, 5.74) is 2.94. The minimum Gasteiger partial charge on any atom is -0.744 e. The van der Waals surface area contributed by atoms with Gasteiger partial charge in [-0.25, -0.2) is 17.7 Å². The van der Waals surface area contributed by atoms with Gasteiger partial charge in [-0.1, -0.05) is 29.8 Å². The number of rotatable bonds is 7. The minimum absolute atomic E-state index is 0.178. The van der Waals surface area contributed by atoms with Crippen molar-refractivity contribution in [3.05, 3.63) is 78.1 Å². The van der Waals surface area contributed by atoms with Crippen molar-refractivity contribution < 1.29 is 32.0 Å². The second-order valence-electron chi connectivity index (χ2n) is 8.23. The van der Waals surface area contributed by atoms with Crippen LogP contribution in [0.2, 0.25) is 0 Å². The zero-order chi connectivity index (χ0) is 26.1. The number of ether oxygens (including phenoxy) is 1. The molecular weight excluding hydrogens is 468 g/mol. The maximum absolute atomic E-state index is 11.9. The quantitative estimate of drug-likeness (QED) is 0.200. The monoisotopic (exact) mass is 497 g/mol. The van der Waals surface area contributed by atoms with E-state index in [1.54, 1.807) is 12.1 Å². The van der Waals surface area contributed by atoms with Crippen LogP contribution >= 0.6 is 0 Å². The Morgan fingerprint density at radius 2 is 1.80 bits per heavy atom. The lowest BCUT2D eigenvalue weighted by Gasteiger charge is -2.17. The number of carbonyl (C=O) groups is 1. The van der Waals surface area contributed by atoms with E-state index in [4.69, 9.17) is 4.74 Å². The first-order chi connectivity index (χ1) is 16.4. The zero-order valence-electron chi connectivity index (χ0n) is 20.1. The number of aryl methyl sites for hydroxylation is 1. The van der Waals surface area contributed by atoms with E-state index in [-0.39, 0.29) is 11.5 Å². The van der Waals surface area contributed by atoms with Crippen molar-refractivity contribution in [1.29, 1.82) is 5.26 Å². The lowest BCUT2D eigenvalue weighted by Crippen LogP contribution is -2.62. The van der Waals surface area contributed by atoms with Crippen LogP contribution in [0.5, 0.6) is 0 Å². The molecule has 10 heteroatoms. The summed E-state index contributed by atoms with van der Waals surface area (Å²) >= 11 is 0. The van der Waals surface area contributed by atoms with Gasteiger partial charge in [-0.3, -0.25) is 0 Å². The normalized spacial score (nSPS) is 16.7. The summed E-state index contributed by atoms with van der Waals surface area (Å²) in [5, 5.41) is 9.28. The van der Waals surface area contributed by atoms with Gasteiger partial charge in [-0.2, -0.15) is 10.3 Å². The first-order valence-corrected chi connectivity index (χ1v) is 12.1. The summed E-state index contributed by atoms with van der Waals surface area (Å²) in [6, 6.07) is 15.3. The Morgan fingerprint density at radius 3 is 2.29 bits per heavy atom. The number of nitrogens with one attached hydrogen (secondary N) is 1. The van der Waals surface area contributed by atoms with Gasteiger partial charge in [0, 0.05) is 25.9 Å². The van der Waals surface area contributed by atoms with Gasteiger partial charge >= 0.3 is 12.3 Å². The van der Waals surface area contributed by atoms with E-state index in [1.165, 1.54) is 18.2 Å². The third-order valence-electron chi connectivity index (χ3n) is 5.09. The fourth-order valence-electron chi connectivity index (χ4n) is 2.94. The Labute approximate surface area is 206 Å². The standard InChI is InChI=1S/C18H21N4O2.C7H8O3S/c1-21(2)17-6-4-15(5-7-17)16(13-19)12-18(23)24-11-10-22(3)9-8-20-14-22;1-6-2-4-7(5-3-6)11(8,9)10/h4-9,12,14H,10-11H2,1-3H3;2-5H,1H3,(H,8,9,10)/q+1;/b16-12+;. The Bertz CT molecular complexity index is 1240. The Morgan fingerprint density at radius 1 is 1.17 bits per heavy atom. The van der Waals surface area contributed by atoms with E-state index in [9.17, 15) is 23.0 Å². The topological polar surface area (TPSA) is 124 Å². The summed E-state index contributed by atoms with van der Waals surface area (Å²) in [5.74, 6) is -0.508. The number of likely N-dealkylation sites (N-methyl/N-ethyl adjacent to an activating group) is 1. The van der Waals surface area contributed by atoms with Crippen LogP contribution in [0.1, 0.15) is 11.1 Å². The average Bonchev–Trinajstić information content (AvgIpc) is 3.24. The highest BCUT2D eigenvalue weighted by molar-refractivity contribution is 7.85. The van der Waals surface area contributed by atoms with Gasteiger partial charge in [0.05, 0.1) is 17.5 Å². The highest BCUT2D eigenvalue weighted by Crippen LogP contribution is 2.18. The number of quaternary nitrogens is 1. The SMILES string of the molecule is CN(C)c1ccc(/C(C#N)=C/C(=O)OCC[N+]2(C)C=C[NH+]=C2)cc1.Cc1ccc(S(=O)(=O)[O-])cc1. The molecule has 0 fully saturated rings. The van der Waals surface area contributed by atoms with E-state index in [0.29, 0.717) is 22.2 Å². The summed E-state index contributed by atoms with van der Waals surface area (Å²) in [6.07, 6.45) is 6.95. The van der Waals surface area contributed by atoms with Crippen molar-refractivity contribution in [2.24, 2.45) is 0 Å². The molecule has 9 nitrogen and oxygen atoms in total. The number of hydrogen-bond acceptors (Lipinski definition) is 7. The number of nitriles is 1. The molecule has 1 aliphatic rings. The van der Waals surface area contributed by atoms with Crippen LogP contribution in [0.4, 0.5) is 5.69 Å². The maximum Gasteiger partial charge on any atom is 0.335 e. The summed E-state index contributed by atoms with van der Waals surface area (Å²) in [6.45, 7) is 2.72. The van der Waals surface area contributed by atoms with E-state index >= 15 is 0 Å². The molecule has 1 atom stereocenters. The molecule has 0 bridgehead atoms. The molecule has 2 aromatic rings. The van der Waals surface area contributed by atoms with Crippen molar-refractivity contribution in [1.82, 2.24) is 0 Å². The molecule has 2 aromatic carbocycles. The molecule has 1 aliphatic heterocycles. The maximum atomic E-state index is 11.9. The van der Waals surface area contributed by atoms with E-state index < -0.39 is 16.1 Å². The van der Waals surface area contributed by atoms with Crippen LogP contribution in [0.15, 0.2) is 71.9 Å². The highest BCUT2D eigenvalue weighted by Gasteiger charge is 2.24. The van der Waals surface area contributed by atoms with Gasteiger partial charge in [0.1, 0.15) is 29.3 Å². The third kappa shape index (κ3) is 8.83. The summed E-state index contributed by atoms with van der Waals surface area (Å²) in [7, 11) is 1.61. The van der Waals surface area contributed by atoms with Gasteiger partial charge in [-0.05, 0) is 36.8 Å². The van der Waals surface area contributed by atoms with Crippen molar-refractivity contribution in [2.75, 3.05) is 39.2 Å². The van der Waals surface area contributed by atoms with Crippen LogP contribution in [-0.4, -0.2) is 64.1 Å². The molecule has 1 unspecified atom stereocenters. The van der Waals surface area contributed by atoms with Crippen molar-refractivity contribution in [3.8, 4) is 6.07 Å². The zero-order valence-corrected chi connectivity index (χ0v) is 21.0. The highest BCUT2D eigenvalue weighted by atomic mass is 32.2. The predicted molar refractivity (Wildman–Crippen MR) is 132 cm³/mol. The lowest BCUT2D eigenvalue weighted by molar-refractivity contribution is -0.767. The molecule has 1 N–H and O–H groups in total. The molecule has 0 aliphatic carbocycles. The van der Waals surface area contributed by atoms with Crippen LogP contribution in [-0.2, 0) is 19.6 Å². The van der Waals surface area contributed by atoms with Crippen LogP contribution in [0, 0.1) is 18.3 Å². The van der Waals surface area contributed by atoms with Crippen molar-refractivity contribution in [3.63, 3.8) is 0 Å².